The van der Waals surface area contributed by atoms with Gasteiger partial charge in [-0.25, -0.2) is 0 Å². The first-order valence-corrected chi connectivity index (χ1v) is 6.35. The molecule has 5 N–H and O–H groups in total. The van der Waals surface area contributed by atoms with Crippen LogP contribution < -0.4 is 5.73 Å². The van der Waals surface area contributed by atoms with E-state index >= 15 is 0 Å². The van der Waals surface area contributed by atoms with E-state index in [1.165, 1.54) is 18.3 Å². The van der Waals surface area contributed by atoms with Gasteiger partial charge in [-0.05, 0) is 37.1 Å². The Morgan fingerprint density at radius 2 is 2.19 bits per heavy atom. The fourth-order valence-electron chi connectivity index (χ4n) is 2.39. The summed E-state index contributed by atoms with van der Waals surface area (Å²) in [4.78, 5) is 24.5. The summed E-state index contributed by atoms with van der Waals surface area (Å²) in [5.41, 5.74) is 5.93. The number of carbonyl (C=O) groups is 1. The smallest absolute Gasteiger partial charge is 0.320 e. The average Bonchev–Trinajstić information content (AvgIpc) is 2.80. The van der Waals surface area contributed by atoms with Gasteiger partial charge in [0, 0.05) is 6.20 Å². The lowest BCUT2D eigenvalue weighted by molar-refractivity contribution is -0.384. The van der Waals surface area contributed by atoms with Crippen LogP contribution in [0.5, 0.6) is 5.75 Å². The molecule has 0 aliphatic heterocycles. The number of phenolic OH excluding ortho intramolecular Hbond substituents is 1. The number of nitrogens with one attached hydrogen (secondary N) is 1. The van der Waals surface area contributed by atoms with Crippen molar-refractivity contribution < 1.29 is 19.9 Å². The van der Waals surface area contributed by atoms with Gasteiger partial charge in [-0.15, -0.1) is 0 Å². The van der Waals surface area contributed by atoms with Crippen molar-refractivity contribution in [3.8, 4) is 5.75 Å². The van der Waals surface area contributed by atoms with E-state index in [-0.39, 0.29) is 24.8 Å². The van der Waals surface area contributed by atoms with Crippen molar-refractivity contribution in [2.75, 3.05) is 6.54 Å². The highest BCUT2D eigenvalue weighted by atomic mass is 16.6. The summed E-state index contributed by atoms with van der Waals surface area (Å²) in [6.07, 6.45) is 1.91. The number of H-pyrrole nitrogens is 1. The number of nitrogens with two attached hydrogens (primary N) is 1. The fourth-order valence-corrected chi connectivity index (χ4v) is 2.39. The second-order valence-electron chi connectivity index (χ2n) is 4.74. The Balaban J connectivity index is 2.52. The number of nitro groups is 1. The highest BCUT2D eigenvalue weighted by molar-refractivity contribution is 5.94. The topological polar surface area (TPSA) is 142 Å². The number of phenols is 1. The van der Waals surface area contributed by atoms with Crippen LogP contribution in [0.25, 0.3) is 10.9 Å². The Hall–Kier alpha value is -2.61. The molecule has 0 amide bonds. The molecule has 0 aliphatic rings. The number of aromatic hydroxyl groups is 1. The molecule has 1 aromatic heterocycles. The van der Waals surface area contributed by atoms with E-state index in [9.17, 15) is 20.0 Å². The molecule has 0 spiro atoms. The SMILES string of the molecule is NCCC(Cc1c[nH]c2ccc(O)c([N+](=O)[O-])c12)C(=O)O. The third-order valence-corrected chi connectivity index (χ3v) is 3.39. The average molecular weight is 293 g/mol. The van der Waals surface area contributed by atoms with Crippen LogP contribution in [0.2, 0.25) is 0 Å². The largest absolute Gasteiger partial charge is 0.502 e. The lowest BCUT2D eigenvalue weighted by atomic mass is 9.95. The van der Waals surface area contributed by atoms with Crippen LogP contribution in [0.15, 0.2) is 18.3 Å². The summed E-state index contributed by atoms with van der Waals surface area (Å²) >= 11 is 0. The Morgan fingerprint density at radius 3 is 2.76 bits per heavy atom. The number of fused-ring (bicyclic) bond motifs is 1. The highest BCUT2D eigenvalue weighted by Crippen LogP contribution is 2.37. The normalized spacial score (nSPS) is 12.4. The monoisotopic (exact) mass is 293 g/mol. The van der Waals surface area contributed by atoms with E-state index in [4.69, 9.17) is 10.8 Å². The second kappa shape index (κ2) is 5.80. The molecule has 1 aromatic carbocycles. The van der Waals surface area contributed by atoms with Gasteiger partial charge in [0.2, 0.25) is 0 Å². The van der Waals surface area contributed by atoms with Gasteiger partial charge in [-0.1, -0.05) is 0 Å². The van der Waals surface area contributed by atoms with Crippen LogP contribution in [-0.4, -0.2) is 32.6 Å². The second-order valence-corrected chi connectivity index (χ2v) is 4.74. The predicted octanol–water partition coefficient (Wildman–Crippen LogP) is 1.37. The molecule has 1 atom stereocenters. The highest BCUT2D eigenvalue weighted by Gasteiger charge is 2.25. The van der Waals surface area contributed by atoms with Crippen molar-refractivity contribution in [1.29, 1.82) is 0 Å². The van der Waals surface area contributed by atoms with Crippen molar-refractivity contribution in [2.45, 2.75) is 12.8 Å². The van der Waals surface area contributed by atoms with E-state index < -0.39 is 28.2 Å². The summed E-state index contributed by atoms with van der Waals surface area (Å²) in [7, 11) is 0. The van der Waals surface area contributed by atoms with Crippen molar-refractivity contribution >= 4 is 22.6 Å². The van der Waals surface area contributed by atoms with Crippen molar-refractivity contribution in [1.82, 2.24) is 4.98 Å². The number of carboxylic acid groups (broad SMARTS) is 1. The molecule has 0 radical (unpaired) electrons. The van der Waals surface area contributed by atoms with Gasteiger partial charge >= 0.3 is 11.7 Å². The Bertz CT molecular complexity index is 694. The molecule has 1 unspecified atom stereocenters. The van der Waals surface area contributed by atoms with Gasteiger partial charge in [-0.2, -0.15) is 0 Å². The van der Waals surface area contributed by atoms with Crippen molar-refractivity contribution in [2.24, 2.45) is 11.7 Å². The van der Waals surface area contributed by atoms with Crippen molar-refractivity contribution in [3.05, 3.63) is 34.0 Å². The molecular weight excluding hydrogens is 278 g/mol. The zero-order valence-electron chi connectivity index (χ0n) is 11.1. The van der Waals surface area contributed by atoms with Gasteiger partial charge in [0.15, 0.2) is 5.75 Å². The minimum atomic E-state index is -1.00. The van der Waals surface area contributed by atoms with Crippen LogP contribution >= 0.6 is 0 Å². The lowest BCUT2D eigenvalue weighted by Crippen LogP contribution is -2.20. The van der Waals surface area contributed by atoms with E-state index in [2.05, 4.69) is 4.98 Å². The summed E-state index contributed by atoms with van der Waals surface area (Å²) in [5.74, 6) is -2.17. The van der Waals surface area contributed by atoms with E-state index in [1.807, 2.05) is 0 Å². The van der Waals surface area contributed by atoms with Gasteiger partial charge in [0.25, 0.3) is 0 Å². The quantitative estimate of drug-likeness (QED) is 0.468. The number of rotatable bonds is 6. The molecule has 1 heterocycles. The molecule has 112 valence electrons. The zero-order chi connectivity index (χ0) is 15.6. The molecule has 8 heteroatoms. The van der Waals surface area contributed by atoms with Crippen LogP contribution in [-0.2, 0) is 11.2 Å². The van der Waals surface area contributed by atoms with Crippen LogP contribution in [0.3, 0.4) is 0 Å². The molecule has 0 aliphatic carbocycles. The zero-order valence-corrected chi connectivity index (χ0v) is 11.1. The first-order chi connectivity index (χ1) is 9.95. The Kier molecular flexibility index (Phi) is 4.08. The number of aromatic amines is 1. The number of hydrogen-bond acceptors (Lipinski definition) is 5. The number of nitro benzene ring substituents is 1. The minimum absolute atomic E-state index is 0.108. The van der Waals surface area contributed by atoms with E-state index in [0.29, 0.717) is 11.1 Å². The standard InChI is InChI=1S/C13H15N3O5/c14-4-3-7(13(18)19)5-8-6-15-9-1-2-10(17)12(11(8)9)16(20)21/h1-2,6-7,15,17H,3-5,14H2,(H,18,19). The maximum atomic E-state index is 11.2. The summed E-state index contributed by atoms with van der Waals surface area (Å²) < 4.78 is 0. The number of aliphatic carboxylic acids is 1. The van der Waals surface area contributed by atoms with Gasteiger partial charge in [0.05, 0.1) is 21.7 Å². The molecule has 0 fully saturated rings. The molecule has 0 saturated heterocycles. The van der Waals surface area contributed by atoms with E-state index in [0.717, 1.165) is 0 Å². The molecule has 0 saturated carbocycles. The predicted molar refractivity (Wildman–Crippen MR) is 75.1 cm³/mol. The molecule has 2 aromatic rings. The third kappa shape index (κ3) is 2.79. The van der Waals surface area contributed by atoms with Crippen LogP contribution in [0.4, 0.5) is 5.69 Å². The first kappa shape index (κ1) is 14.8. The number of benzene rings is 1. The third-order valence-electron chi connectivity index (χ3n) is 3.39. The van der Waals surface area contributed by atoms with Gasteiger partial charge in [-0.3, -0.25) is 14.9 Å². The number of aromatic nitrogens is 1. The van der Waals surface area contributed by atoms with Gasteiger partial charge in [0.1, 0.15) is 0 Å². The molecular formula is C13H15N3O5. The molecule has 8 nitrogen and oxygen atoms in total. The number of carboxylic acids is 1. The van der Waals surface area contributed by atoms with Crippen LogP contribution in [0.1, 0.15) is 12.0 Å². The maximum absolute atomic E-state index is 11.2. The van der Waals surface area contributed by atoms with Crippen LogP contribution in [0, 0.1) is 16.0 Å². The first-order valence-electron chi connectivity index (χ1n) is 6.35. The molecule has 0 bridgehead atoms. The Morgan fingerprint density at radius 1 is 1.48 bits per heavy atom. The number of nitrogens with zero attached hydrogens (tertiary/aromatic N) is 1. The number of hydrogen-bond donors (Lipinski definition) is 4. The summed E-state index contributed by atoms with van der Waals surface area (Å²) in [6, 6.07) is 2.75. The van der Waals surface area contributed by atoms with Crippen molar-refractivity contribution in [3.63, 3.8) is 0 Å². The lowest BCUT2D eigenvalue weighted by Gasteiger charge is -2.10. The summed E-state index contributed by atoms with van der Waals surface area (Å²) in [6.45, 7) is 0.215. The minimum Gasteiger partial charge on any atom is -0.502 e. The maximum Gasteiger partial charge on any atom is 0.320 e. The summed E-state index contributed by atoms with van der Waals surface area (Å²) in [5, 5.41) is 30.2. The fraction of sp³-hybridized carbons (Fsp3) is 0.308. The molecule has 2 rings (SSSR count). The van der Waals surface area contributed by atoms with Gasteiger partial charge < -0.3 is 20.9 Å². The molecule has 21 heavy (non-hydrogen) atoms. The Labute approximate surface area is 119 Å². The van der Waals surface area contributed by atoms with E-state index in [1.54, 1.807) is 0 Å².